The lowest BCUT2D eigenvalue weighted by atomic mass is 9.90. The van der Waals surface area contributed by atoms with Crippen molar-refractivity contribution in [3.05, 3.63) is 64.7 Å². The number of aryl methyl sites for hydroxylation is 1. The summed E-state index contributed by atoms with van der Waals surface area (Å²) in [7, 11) is 0. The lowest BCUT2D eigenvalue weighted by Crippen LogP contribution is -2.28. The number of anilines is 1. The fourth-order valence-electron chi connectivity index (χ4n) is 3.84. The van der Waals surface area contributed by atoms with E-state index in [1.807, 2.05) is 12.1 Å². The van der Waals surface area contributed by atoms with Gasteiger partial charge in [-0.25, -0.2) is 0 Å². The maximum atomic E-state index is 12.6. The predicted octanol–water partition coefficient (Wildman–Crippen LogP) is 3.47. The molecule has 0 atom stereocenters. The van der Waals surface area contributed by atoms with Gasteiger partial charge in [0.2, 0.25) is 11.8 Å². The first-order chi connectivity index (χ1) is 13.1. The van der Waals surface area contributed by atoms with Crippen LogP contribution in [0.2, 0.25) is 0 Å². The van der Waals surface area contributed by atoms with Crippen molar-refractivity contribution >= 4 is 23.4 Å². The molecule has 0 unspecified atom stereocenters. The van der Waals surface area contributed by atoms with Crippen LogP contribution in [-0.2, 0) is 29.0 Å². The Balaban J connectivity index is 1.45. The number of nitrogens with zero attached hydrogens (tertiary/aromatic N) is 1. The minimum atomic E-state index is -0.145. The number of nitrogens with one attached hydrogen (secondary N) is 1. The Morgan fingerprint density at radius 1 is 0.889 bits per heavy atom. The first-order valence-corrected chi connectivity index (χ1v) is 9.46. The lowest BCUT2D eigenvalue weighted by molar-refractivity contribution is -0.139. The number of benzene rings is 2. The van der Waals surface area contributed by atoms with Gasteiger partial charge in [0.25, 0.3) is 5.91 Å². The van der Waals surface area contributed by atoms with E-state index in [9.17, 15) is 14.4 Å². The Kier molecular flexibility index (Phi) is 4.75. The van der Waals surface area contributed by atoms with Gasteiger partial charge in [-0.3, -0.25) is 19.3 Å². The van der Waals surface area contributed by atoms with Crippen LogP contribution >= 0.6 is 0 Å². The molecule has 1 aliphatic carbocycles. The van der Waals surface area contributed by atoms with Gasteiger partial charge in [-0.15, -0.1) is 0 Å². The molecule has 1 aliphatic heterocycles. The van der Waals surface area contributed by atoms with E-state index in [0.29, 0.717) is 18.4 Å². The molecule has 1 fully saturated rings. The van der Waals surface area contributed by atoms with Crippen LogP contribution in [-0.4, -0.2) is 22.6 Å². The number of hydrogen-bond donors (Lipinski definition) is 1. The van der Waals surface area contributed by atoms with E-state index in [0.717, 1.165) is 30.5 Å². The van der Waals surface area contributed by atoms with Crippen molar-refractivity contribution < 1.29 is 14.4 Å². The zero-order valence-corrected chi connectivity index (χ0v) is 15.2. The van der Waals surface area contributed by atoms with E-state index in [1.165, 1.54) is 22.4 Å². The summed E-state index contributed by atoms with van der Waals surface area (Å²) in [6.45, 7) is 0.270. The topological polar surface area (TPSA) is 66.5 Å². The molecule has 1 heterocycles. The molecule has 0 saturated carbocycles. The van der Waals surface area contributed by atoms with Crippen molar-refractivity contribution in [1.29, 1.82) is 0 Å². The summed E-state index contributed by atoms with van der Waals surface area (Å²) < 4.78 is 0. The Bertz CT molecular complexity index is 886. The monoisotopic (exact) mass is 362 g/mol. The van der Waals surface area contributed by atoms with E-state index in [1.54, 1.807) is 24.3 Å². The second-order valence-electron chi connectivity index (χ2n) is 7.18. The van der Waals surface area contributed by atoms with Crippen molar-refractivity contribution in [2.45, 2.75) is 45.1 Å². The molecule has 0 aromatic heterocycles. The van der Waals surface area contributed by atoms with E-state index >= 15 is 0 Å². The number of amides is 3. The third-order valence-corrected chi connectivity index (χ3v) is 5.36. The van der Waals surface area contributed by atoms with Gasteiger partial charge >= 0.3 is 0 Å². The standard InChI is InChI=1S/C22H22N2O3/c25-20-12-13-21(26)24(20)14-15-8-10-17(11-9-15)22(27)23-19-7-3-5-16-4-1-2-6-18(16)19/h3,5,7-11H,1-2,4,6,12-14H2,(H,23,27). The van der Waals surface area contributed by atoms with Crippen LogP contribution in [0.5, 0.6) is 0 Å². The number of hydrogen-bond acceptors (Lipinski definition) is 3. The second-order valence-corrected chi connectivity index (χ2v) is 7.18. The highest BCUT2D eigenvalue weighted by atomic mass is 16.2. The summed E-state index contributed by atoms with van der Waals surface area (Å²) in [6, 6.07) is 13.2. The molecular formula is C22H22N2O3. The van der Waals surface area contributed by atoms with Crippen LogP contribution in [0.25, 0.3) is 0 Å². The molecule has 1 N–H and O–H groups in total. The van der Waals surface area contributed by atoms with Crippen molar-refractivity contribution in [1.82, 2.24) is 4.90 Å². The first kappa shape index (κ1) is 17.5. The Morgan fingerprint density at radius 2 is 1.59 bits per heavy atom. The average molecular weight is 362 g/mol. The maximum Gasteiger partial charge on any atom is 0.255 e. The number of rotatable bonds is 4. The highest BCUT2D eigenvalue weighted by Crippen LogP contribution is 2.28. The van der Waals surface area contributed by atoms with Gasteiger partial charge in [-0.05, 0) is 60.6 Å². The van der Waals surface area contributed by atoms with Gasteiger partial charge < -0.3 is 5.32 Å². The normalized spacial score (nSPS) is 16.4. The number of fused-ring (bicyclic) bond motifs is 1. The van der Waals surface area contributed by atoms with E-state index in [2.05, 4.69) is 11.4 Å². The Morgan fingerprint density at radius 3 is 2.33 bits per heavy atom. The van der Waals surface area contributed by atoms with Crippen LogP contribution < -0.4 is 5.32 Å². The van der Waals surface area contributed by atoms with E-state index < -0.39 is 0 Å². The van der Waals surface area contributed by atoms with Crippen molar-refractivity contribution in [2.24, 2.45) is 0 Å². The fraction of sp³-hybridized carbons (Fsp3) is 0.318. The molecule has 27 heavy (non-hydrogen) atoms. The SMILES string of the molecule is O=C(Nc1cccc2c1CCCC2)c1ccc(CN2C(=O)CCC2=O)cc1. The fourth-order valence-corrected chi connectivity index (χ4v) is 3.84. The zero-order valence-electron chi connectivity index (χ0n) is 15.2. The molecule has 0 radical (unpaired) electrons. The summed E-state index contributed by atoms with van der Waals surface area (Å²) in [6.07, 6.45) is 5.02. The van der Waals surface area contributed by atoms with Crippen molar-refractivity contribution in [2.75, 3.05) is 5.32 Å². The predicted molar refractivity (Wildman–Crippen MR) is 102 cm³/mol. The van der Waals surface area contributed by atoms with E-state index in [-0.39, 0.29) is 24.3 Å². The Hall–Kier alpha value is -2.95. The average Bonchev–Trinajstić information content (AvgIpc) is 3.01. The number of imide groups is 1. The van der Waals surface area contributed by atoms with Crippen LogP contribution in [0, 0.1) is 0 Å². The number of carbonyl (C=O) groups excluding carboxylic acids is 3. The largest absolute Gasteiger partial charge is 0.322 e. The van der Waals surface area contributed by atoms with Gasteiger partial charge in [0.1, 0.15) is 0 Å². The van der Waals surface area contributed by atoms with Crippen LogP contribution in [0.3, 0.4) is 0 Å². The van der Waals surface area contributed by atoms with Crippen LogP contribution in [0.15, 0.2) is 42.5 Å². The first-order valence-electron chi connectivity index (χ1n) is 9.46. The van der Waals surface area contributed by atoms with Crippen molar-refractivity contribution in [3.63, 3.8) is 0 Å². The molecule has 5 nitrogen and oxygen atoms in total. The van der Waals surface area contributed by atoms with Gasteiger partial charge in [0, 0.05) is 24.1 Å². The number of likely N-dealkylation sites (tertiary alicyclic amines) is 1. The maximum absolute atomic E-state index is 12.6. The van der Waals surface area contributed by atoms with Crippen LogP contribution in [0.4, 0.5) is 5.69 Å². The molecule has 2 aromatic carbocycles. The molecular weight excluding hydrogens is 340 g/mol. The minimum Gasteiger partial charge on any atom is -0.322 e. The molecule has 2 aromatic rings. The van der Waals surface area contributed by atoms with Gasteiger partial charge in [-0.1, -0.05) is 24.3 Å². The van der Waals surface area contributed by atoms with Crippen LogP contribution in [0.1, 0.15) is 52.7 Å². The molecule has 3 amide bonds. The van der Waals surface area contributed by atoms with Gasteiger partial charge in [0.05, 0.1) is 6.54 Å². The highest BCUT2D eigenvalue weighted by Gasteiger charge is 2.28. The summed E-state index contributed by atoms with van der Waals surface area (Å²) in [5.74, 6) is -0.403. The lowest BCUT2D eigenvalue weighted by Gasteiger charge is -2.19. The molecule has 4 rings (SSSR count). The van der Waals surface area contributed by atoms with Gasteiger partial charge in [-0.2, -0.15) is 0 Å². The second kappa shape index (κ2) is 7.35. The minimum absolute atomic E-state index is 0.129. The molecule has 5 heteroatoms. The quantitative estimate of drug-likeness (QED) is 0.847. The van der Waals surface area contributed by atoms with Gasteiger partial charge in [0.15, 0.2) is 0 Å². The summed E-state index contributed by atoms with van der Waals surface area (Å²) in [5, 5.41) is 3.04. The molecule has 1 saturated heterocycles. The third kappa shape index (κ3) is 3.63. The molecule has 0 bridgehead atoms. The molecule has 2 aliphatic rings. The number of carbonyl (C=O) groups is 3. The molecule has 0 spiro atoms. The third-order valence-electron chi connectivity index (χ3n) is 5.36. The zero-order chi connectivity index (χ0) is 18.8. The van der Waals surface area contributed by atoms with E-state index in [4.69, 9.17) is 0 Å². The Labute approximate surface area is 158 Å². The van der Waals surface area contributed by atoms with Crippen molar-refractivity contribution in [3.8, 4) is 0 Å². The summed E-state index contributed by atoms with van der Waals surface area (Å²) in [5.41, 5.74) is 4.88. The highest BCUT2D eigenvalue weighted by molar-refractivity contribution is 6.05. The summed E-state index contributed by atoms with van der Waals surface area (Å²) in [4.78, 5) is 37.4. The molecule has 138 valence electrons. The summed E-state index contributed by atoms with van der Waals surface area (Å²) >= 11 is 0. The smallest absolute Gasteiger partial charge is 0.255 e.